The Morgan fingerprint density at radius 3 is 1.56 bits per heavy atom. The largest absolute Gasteiger partial charge is 0.508 e. The van der Waals surface area contributed by atoms with Crippen LogP contribution in [0, 0.1) is 11.8 Å². The summed E-state index contributed by atoms with van der Waals surface area (Å²) in [7, 11) is 0. The fourth-order valence-electron chi connectivity index (χ4n) is 6.21. The first-order valence-corrected chi connectivity index (χ1v) is 21.2. The fraction of sp³-hybridized carbons (Fsp3) is 0.535. The first kappa shape index (κ1) is 52.7. The monoisotopic (exact) mass is 880 g/mol. The molecular formula is C43H69N13O7. The lowest BCUT2D eigenvalue weighted by atomic mass is 10.00. The van der Waals surface area contributed by atoms with E-state index in [-0.39, 0.29) is 81.1 Å². The Morgan fingerprint density at radius 2 is 1.03 bits per heavy atom. The Balaban J connectivity index is 2.33. The smallest absolute Gasteiger partial charge is 0.243 e. The van der Waals surface area contributed by atoms with E-state index in [0.29, 0.717) is 24.1 Å². The second-order valence-corrected chi connectivity index (χ2v) is 16.3. The summed E-state index contributed by atoms with van der Waals surface area (Å²) in [6.07, 6.45) is 1.23. The highest BCUT2D eigenvalue weighted by Gasteiger charge is 2.33. The van der Waals surface area contributed by atoms with Crippen molar-refractivity contribution in [2.75, 3.05) is 19.6 Å². The summed E-state index contributed by atoms with van der Waals surface area (Å²) in [6, 6.07) is 8.49. The van der Waals surface area contributed by atoms with Crippen LogP contribution in [0.15, 0.2) is 64.6 Å². The van der Waals surface area contributed by atoms with Crippen LogP contribution < -0.4 is 60.6 Å². The number of hydrogen-bond acceptors (Lipinski definition) is 10. The number of carbonyl (C=O) groups is 6. The Morgan fingerprint density at radius 1 is 0.556 bits per heavy atom. The van der Waals surface area contributed by atoms with Crippen LogP contribution in [0.1, 0.15) is 77.8 Å². The summed E-state index contributed by atoms with van der Waals surface area (Å²) in [4.78, 5) is 89.9. The van der Waals surface area contributed by atoms with Crippen molar-refractivity contribution in [2.45, 2.75) is 116 Å². The molecule has 0 radical (unpaired) electrons. The van der Waals surface area contributed by atoms with E-state index in [1.54, 1.807) is 42.5 Å². The van der Waals surface area contributed by atoms with Crippen molar-refractivity contribution in [2.24, 2.45) is 50.5 Å². The van der Waals surface area contributed by atoms with Gasteiger partial charge in [0.15, 0.2) is 11.9 Å². The molecule has 348 valence electrons. The van der Waals surface area contributed by atoms with Gasteiger partial charge in [0.1, 0.15) is 36.0 Å². The van der Waals surface area contributed by atoms with Gasteiger partial charge in [-0.25, -0.2) is 0 Å². The van der Waals surface area contributed by atoms with E-state index in [2.05, 4.69) is 41.9 Å². The van der Waals surface area contributed by atoms with E-state index in [1.165, 1.54) is 19.1 Å². The molecule has 0 unspecified atom stereocenters. The molecule has 0 saturated heterocycles. The molecule has 0 aliphatic heterocycles. The quantitative estimate of drug-likeness (QED) is 0.0288. The third kappa shape index (κ3) is 21.3. The molecule has 6 atom stereocenters. The molecule has 2 rings (SSSR count). The van der Waals surface area contributed by atoms with Gasteiger partial charge in [0.25, 0.3) is 0 Å². The van der Waals surface area contributed by atoms with E-state index >= 15 is 0 Å². The van der Waals surface area contributed by atoms with Gasteiger partial charge in [0.05, 0.1) is 6.04 Å². The van der Waals surface area contributed by atoms with E-state index in [9.17, 15) is 33.9 Å². The molecule has 0 aliphatic carbocycles. The number of aliphatic imine (C=N–C) groups is 2. The van der Waals surface area contributed by atoms with E-state index in [1.807, 2.05) is 27.7 Å². The zero-order chi connectivity index (χ0) is 47.1. The summed E-state index contributed by atoms with van der Waals surface area (Å²) >= 11 is 0. The molecule has 20 nitrogen and oxygen atoms in total. The van der Waals surface area contributed by atoms with Crippen molar-refractivity contribution in [1.29, 1.82) is 0 Å². The fourth-order valence-corrected chi connectivity index (χ4v) is 6.21. The molecule has 0 bridgehead atoms. The predicted octanol–water partition coefficient (Wildman–Crippen LogP) is -1.13. The molecule has 63 heavy (non-hydrogen) atoms. The van der Waals surface area contributed by atoms with Gasteiger partial charge in [-0.1, -0.05) is 70.2 Å². The summed E-state index contributed by atoms with van der Waals surface area (Å²) in [6.45, 7) is 9.76. The van der Waals surface area contributed by atoms with Gasteiger partial charge in [-0.15, -0.1) is 0 Å². The molecule has 0 aromatic heterocycles. The molecule has 0 aliphatic rings. The lowest BCUT2D eigenvalue weighted by Gasteiger charge is -2.28. The van der Waals surface area contributed by atoms with Crippen molar-refractivity contribution in [3.05, 3.63) is 65.7 Å². The number of nitrogens with zero attached hydrogens (tertiary/aromatic N) is 2. The van der Waals surface area contributed by atoms with Gasteiger partial charge in [0.2, 0.25) is 35.4 Å². The van der Waals surface area contributed by atoms with Crippen LogP contribution in [0.25, 0.3) is 0 Å². The van der Waals surface area contributed by atoms with E-state index in [0.717, 1.165) is 0 Å². The summed E-state index contributed by atoms with van der Waals surface area (Å²) in [5.74, 6) is -3.88. The zero-order valence-electron chi connectivity index (χ0n) is 37.1. The van der Waals surface area contributed by atoms with Crippen molar-refractivity contribution < 1.29 is 33.9 Å². The van der Waals surface area contributed by atoms with Crippen LogP contribution in [-0.4, -0.2) is 108 Å². The lowest BCUT2D eigenvalue weighted by Crippen LogP contribution is -2.59. The first-order valence-electron chi connectivity index (χ1n) is 21.2. The maximum absolute atomic E-state index is 14.1. The number of benzene rings is 2. The zero-order valence-corrected chi connectivity index (χ0v) is 37.1. The van der Waals surface area contributed by atoms with Crippen LogP contribution in [-0.2, 0) is 41.6 Å². The highest BCUT2D eigenvalue weighted by Crippen LogP contribution is 2.13. The number of hydrogen-bond donors (Lipinski definition) is 12. The average molecular weight is 880 g/mol. The Labute approximate surface area is 369 Å². The molecule has 20 heteroatoms. The van der Waals surface area contributed by atoms with Gasteiger partial charge in [-0.2, -0.15) is 0 Å². The second-order valence-electron chi connectivity index (χ2n) is 16.3. The molecule has 2 aromatic carbocycles. The van der Waals surface area contributed by atoms with Gasteiger partial charge in [-0.3, -0.25) is 38.8 Å². The average Bonchev–Trinajstić information content (AvgIpc) is 3.22. The number of guanidine groups is 2. The number of phenols is 1. The second kappa shape index (κ2) is 27.5. The minimum atomic E-state index is -1.20. The van der Waals surface area contributed by atoms with Crippen molar-refractivity contribution in [3.63, 3.8) is 0 Å². The third-order valence-corrected chi connectivity index (χ3v) is 9.58. The summed E-state index contributed by atoms with van der Waals surface area (Å²) in [5.41, 5.74) is 29.5. The van der Waals surface area contributed by atoms with E-state index < -0.39 is 71.7 Å². The maximum atomic E-state index is 14.1. The number of carbonyl (C=O) groups excluding carboxylic acids is 6. The lowest BCUT2D eigenvalue weighted by molar-refractivity contribution is -0.135. The molecule has 6 amide bonds. The number of aromatic hydroxyl groups is 1. The summed E-state index contributed by atoms with van der Waals surface area (Å²) < 4.78 is 0. The Bertz CT molecular complexity index is 1830. The number of amides is 6. The number of phenolic OH excluding ortho intramolecular Hbond substituents is 1. The van der Waals surface area contributed by atoms with Crippen LogP contribution >= 0.6 is 0 Å². The molecule has 17 N–H and O–H groups in total. The number of nitrogens with two attached hydrogens (primary N) is 5. The first-order chi connectivity index (χ1) is 29.7. The molecule has 0 heterocycles. The van der Waals surface area contributed by atoms with Gasteiger partial charge in [-0.05, 0) is 80.5 Å². The maximum Gasteiger partial charge on any atom is 0.243 e. The van der Waals surface area contributed by atoms with Gasteiger partial charge in [0, 0.05) is 26.1 Å². The molecule has 0 fully saturated rings. The molecule has 0 spiro atoms. The van der Waals surface area contributed by atoms with Crippen molar-refractivity contribution >= 4 is 47.4 Å². The van der Waals surface area contributed by atoms with Crippen molar-refractivity contribution in [1.82, 2.24) is 31.9 Å². The topological polar surface area (TPSA) is 350 Å². The minimum Gasteiger partial charge on any atom is -0.508 e. The SMILES string of the molecule is CC(C)CNC(=O)[C@H](CCCN=C(N)N)NC(=O)[C@H](CCCN=C(N)N)NC(=O)[C@H](CC(C)C)NC(=O)[C@H](Cc1ccccc1)NC(=O)[C@@H](C)NC(=O)[C@@H](N)Cc1ccc(O)cc1. The Kier molecular flexibility index (Phi) is 23.0. The Hall–Kier alpha value is -6.44. The number of rotatable bonds is 27. The van der Waals surface area contributed by atoms with Crippen LogP contribution in [0.3, 0.4) is 0 Å². The molecule has 2 aromatic rings. The molecule has 0 saturated carbocycles. The van der Waals surface area contributed by atoms with E-state index in [4.69, 9.17) is 28.7 Å². The highest BCUT2D eigenvalue weighted by atomic mass is 16.3. The third-order valence-electron chi connectivity index (χ3n) is 9.58. The summed E-state index contributed by atoms with van der Waals surface area (Å²) in [5, 5.41) is 26.0. The van der Waals surface area contributed by atoms with Gasteiger partial charge < -0.3 is 65.7 Å². The van der Waals surface area contributed by atoms with Crippen LogP contribution in [0.2, 0.25) is 0 Å². The van der Waals surface area contributed by atoms with Gasteiger partial charge >= 0.3 is 0 Å². The normalized spacial score (nSPS) is 13.8. The predicted molar refractivity (Wildman–Crippen MR) is 242 cm³/mol. The number of nitrogens with one attached hydrogen (secondary N) is 6. The van der Waals surface area contributed by atoms with Crippen LogP contribution in [0.4, 0.5) is 0 Å². The highest BCUT2D eigenvalue weighted by molar-refractivity contribution is 5.96. The van der Waals surface area contributed by atoms with Crippen molar-refractivity contribution in [3.8, 4) is 5.75 Å². The van der Waals surface area contributed by atoms with Crippen LogP contribution in [0.5, 0.6) is 5.75 Å². The standard InChI is InChI=1S/C43H69N13O7/c1-25(2)21-34(40(62)54-33(14-10-20-50-43(47)48)39(61)53-32(13-9-19-49-42(45)46)38(60)51-24-26(3)4)56-41(63)35(23-28-11-7-6-8-12-28)55-36(58)27(5)52-37(59)31(44)22-29-15-17-30(57)18-16-29/h6-8,11-12,15-18,25-27,31-35,57H,9-10,13-14,19-24,44H2,1-5H3,(H,51,60)(H,52,59)(H,53,61)(H,54,62)(H,55,58)(H,56,63)(H4,45,46,49)(H4,47,48,50)/t27-,31+,32+,33+,34+,35+/m1/s1. The minimum absolute atomic E-state index is 0.0364. The molecular weight excluding hydrogens is 811 g/mol.